The Bertz CT molecular complexity index is 775. The predicted molar refractivity (Wildman–Crippen MR) is 99.0 cm³/mol. The maximum atomic E-state index is 12.8. The summed E-state index contributed by atoms with van der Waals surface area (Å²) < 4.78 is 37.1. The van der Waals surface area contributed by atoms with E-state index in [0.717, 1.165) is 0 Å². The third-order valence-electron chi connectivity index (χ3n) is 3.89. The topological polar surface area (TPSA) is 93.2 Å². The number of piperazine rings is 1. The Kier molecular flexibility index (Phi) is 6.48. The minimum absolute atomic E-state index is 0.0984. The summed E-state index contributed by atoms with van der Waals surface area (Å²) in [5, 5.41) is 0. The molecule has 1 amide bonds. The normalized spacial score (nSPS) is 16.1. The first kappa shape index (κ1) is 21.2. The van der Waals surface area contributed by atoms with Crippen LogP contribution in [-0.4, -0.2) is 68.1 Å². The standard InChI is InChI=1S/C18H26N2O6S/c1-5-25-16(21)14-6-8-15(9-7-14)27(23,24)20-12-10-19(11-13-20)17(22)26-18(2,3)4/h6-9H,5,10-13H2,1-4H3. The number of sulfonamides is 1. The average Bonchev–Trinajstić information content (AvgIpc) is 2.60. The molecular formula is C18H26N2O6S. The lowest BCUT2D eigenvalue weighted by Gasteiger charge is -2.34. The van der Waals surface area contributed by atoms with Crippen molar-refractivity contribution in [1.29, 1.82) is 0 Å². The molecular weight excluding hydrogens is 372 g/mol. The number of amides is 1. The van der Waals surface area contributed by atoms with E-state index in [0.29, 0.717) is 5.56 Å². The van der Waals surface area contributed by atoms with Gasteiger partial charge in [0.1, 0.15) is 5.60 Å². The van der Waals surface area contributed by atoms with Crippen molar-refractivity contribution < 1.29 is 27.5 Å². The molecule has 1 aromatic carbocycles. The van der Waals surface area contributed by atoms with Crippen LogP contribution in [0.5, 0.6) is 0 Å². The molecule has 0 radical (unpaired) electrons. The van der Waals surface area contributed by atoms with Gasteiger partial charge in [0.05, 0.1) is 17.1 Å². The highest BCUT2D eigenvalue weighted by atomic mass is 32.2. The Morgan fingerprint density at radius 2 is 1.59 bits per heavy atom. The average molecular weight is 398 g/mol. The lowest BCUT2D eigenvalue weighted by Crippen LogP contribution is -2.51. The van der Waals surface area contributed by atoms with E-state index in [1.807, 2.05) is 0 Å². The van der Waals surface area contributed by atoms with E-state index >= 15 is 0 Å². The molecule has 1 aliphatic heterocycles. The lowest BCUT2D eigenvalue weighted by atomic mass is 10.2. The molecule has 0 atom stereocenters. The van der Waals surface area contributed by atoms with E-state index in [4.69, 9.17) is 9.47 Å². The van der Waals surface area contributed by atoms with E-state index in [1.54, 1.807) is 27.7 Å². The fourth-order valence-corrected chi connectivity index (χ4v) is 3.99. The van der Waals surface area contributed by atoms with Crippen LogP contribution >= 0.6 is 0 Å². The van der Waals surface area contributed by atoms with Crippen molar-refractivity contribution in [3.05, 3.63) is 29.8 Å². The molecule has 8 nitrogen and oxygen atoms in total. The molecule has 1 aliphatic rings. The van der Waals surface area contributed by atoms with Crippen molar-refractivity contribution in [2.45, 2.75) is 38.2 Å². The van der Waals surface area contributed by atoms with Gasteiger partial charge in [-0.15, -0.1) is 0 Å². The summed E-state index contributed by atoms with van der Waals surface area (Å²) in [5.74, 6) is -0.493. The summed E-state index contributed by atoms with van der Waals surface area (Å²) in [4.78, 5) is 25.4. The molecule has 27 heavy (non-hydrogen) atoms. The van der Waals surface area contributed by atoms with Crippen LogP contribution in [0.15, 0.2) is 29.2 Å². The first-order valence-electron chi connectivity index (χ1n) is 8.80. The molecule has 1 heterocycles. The number of rotatable bonds is 4. The van der Waals surface area contributed by atoms with Crippen molar-refractivity contribution in [2.24, 2.45) is 0 Å². The molecule has 150 valence electrons. The minimum atomic E-state index is -3.70. The van der Waals surface area contributed by atoms with Gasteiger partial charge < -0.3 is 14.4 Å². The number of ether oxygens (including phenoxy) is 2. The number of carbonyl (C=O) groups excluding carboxylic acids is 2. The van der Waals surface area contributed by atoms with Crippen LogP contribution in [0.25, 0.3) is 0 Å². The number of hydrogen-bond donors (Lipinski definition) is 0. The summed E-state index contributed by atoms with van der Waals surface area (Å²) in [6.45, 7) is 8.18. The summed E-state index contributed by atoms with van der Waals surface area (Å²) in [7, 11) is -3.70. The molecule has 1 aromatic rings. The fraction of sp³-hybridized carbons (Fsp3) is 0.556. The first-order chi connectivity index (χ1) is 12.5. The van der Waals surface area contributed by atoms with Gasteiger partial charge in [0, 0.05) is 26.2 Å². The van der Waals surface area contributed by atoms with Crippen LogP contribution in [0.4, 0.5) is 4.79 Å². The molecule has 2 rings (SSSR count). The van der Waals surface area contributed by atoms with Crippen LogP contribution in [0, 0.1) is 0 Å². The van der Waals surface area contributed by atoms with Gasteiger partial charge in [-0.1, -0.05) is 0 Å². The maximum absolute atomic E-state index is 12.8. The van der Waals surface area contributed by atoms with Gasteiger partial charge in [-0.25, -0.2) is 18.0 Å². The highest BCUT2D eigenvalue weighted by Crippen LogP contribution is 2.19. The fourth-order valence-electron chi connectivity index (χ4n) is 2.56. The molecule has 0 N–H and O–H groups in total. The highest BCUT2D eigenvalue weighted by molar-refractivity contribution is 7.89. The second kappa shape index (κ2) is 8.26. The third-order valence-corrected chi connectivity index (χ3v) is 5.81. The van der Waals surface area contributed by atoms with Gasteiger partial charge in [-0.3, -0.25) is 0 Å². The molecule has 1 fully saturated rings. The Labute approximate surface area is 160 Å². The Hall–Kier alpha value is -2.13. The van der Waals surface area contributed by atoms with Gasteiger partial charge >= 0.3 is 12.1 Å². The van der Waals surface area contributed by atoms with E-state index in [-0.39, 0.29) is 37.7 Å². The van der Waals surface area contributed by atoms with E-state index in [2.05, 4.69) is 0 Å². The smallest absolute Gasteiger partial charge is 0.410 e. The predicted octanol–water partition coefficient (Wildman–Crippen LogP) is 2.10. The Morgan fingerprint density at radius 3 is 2.07 bits per heavy atom. The molecule has 0 unspecified atom stereocenters. The van der Waals surface area contributed by atoms with E-state index < -0.39 is 27.7 Å². The van der Waals surface area contributed by atoms with Gasteiger partial charge in [-0.05, 0) is 52.0 Å². The third kappa shape index (κ3) is 5.43. The van der Waals surface area contributed by atoms with Gasteiger partial charge in [0.2, 0.25) is 10.0 Å². The summed E-state index contributed by atoms with van der Waals surface area (Å²) in [6, 6.07) is 5.65. The second-order valence-corrected chi connectivity index (χ2v) is 9.05. The number of nitrogens with zero attached hydrogens (tertiary/aromatic N) is 2. The van der Waals surface area contributed by atoms with Crippen LogP contribution in [0.3, 0.4) is 0 Å². The van der Waals surface area contributed by atoms with Gasteiger partial charge in [0.15, 0.2) is 0 Å². The zero-order valence-electron chi connectivity index (χ0n) is 16.1. The molecule has 0 aliphatic carbocycles. The van der Waals surface area contributed by atoms with Crippen molar-refractivity contribution in [1.82, 2.24) is 9.21 Å². The number of benzene rings is 1. The molecule has 0 saturated carbocycles. The Balaban J connectivity index is 2.02. The van der Waals surface area contributed by atoms with Crippen molar-refractivity contribution in [3.8, 4) is 0 Å². The largest absolute Gasteiger partial charge is 0.462 e. The maximum Gasteiger partial charge on any atom is 0.410 e. The molecule has 9 heteroatoms. The summed E-state index contributed by atoms with van der Waals surface area (Å²) in [6.07, 6.45) is -0.446. The van der Waals surface area contributed by atoms with Crippen LogP contribution < -0.4 is 0 Å². The zero-order valence-corrected chi connectivity index (χ0v) is 16.9. The molecule has 1 saturated heterocycles. The molecule has 0 bridgehead atoms. The molecule has 0 spiro atoms. The highest BCUT2D eigenvalue weighted by Gasteiger charge is 2.32. The first-order valence-corrected chi connectivity index (χ1v) is 10.2. The van der Waals surface area contributed by atoms with Gasteiger partial charge in [-0.2, -0.15) is 4.31 Å². The molecule has 0 aromatic heterocycles. The quantitative estimate of drug-likeness (QED) is 0.721. The number of carbonyl (C=O) groups is 2. The zero-order chi connectivity index (χ0) is 20.2. The van der Waals surface area contributed by atoms with Crippen molar-refractivity contribution in [2.75, 3.05) is 32.8 Å². The SMILES string of the molecule is CCOC(=O)c1ccc(S(=O)(=O)N2CCN(C(=O)OC(C)(C)C)CC2)cc1. The Morgan fingerprint density at radius 1 is 1.04 bits per heavy atom. The van der Waals surface area contributed by atoms with E-state index in [1.165, 1.54) is 33.5 Å². The minimum Gasteiger partial charge on any atom is -0.462 e. The van der Waals surface area contributed by atoms with Crippen LogP contribution in [-0.2, 0) is 19.5 Å². The van der Waals surface area contributed by atoms with Crippen LogP contribution in [0.2, 0.25) is 0 Å². The van der Waals surface area contributed by atoms with Crippen molar-refractivity contribution >= 4 is 22.1 Å². The van der Waals surface area contributed by atoms with E-state index in [9.17, 15) is 18.0 Å². The monoisotopic (exact) mass is 398 g/mol. The number of esters is 1. The van der Waals surface area contributed by atoms with Gasteiger partial charge in [0.25, 0.3) is 0 Å². The summed E-state index contributed by atoms with van der Waals surface area (Å²) in [5.41, 5.74) is -0.299. The number of hydrogen-bond acceptors (Lipinski definition) is 6. The lowest BCUT2D eigenvalue weighted by molar-refractivity contribution is 0.0192. The van der Waals surface area contributed by atoms with Crippen LogP contribution in [0.1, 0.15) is 38.1 Å². The van der Waals surface area contributed by atoms with Crippen molar-refractivity contribution in [3.63, 3.8) is 0 Å². The second-order valence-electron chi connectivity index (χ2n) is 7.12. The summed E-state index contributed by atoms with van der Waals surface area (Å²) >= 11 is 0.